The zero-order valence-electron chi connectivity index (χ0n) is 9.24. The second-order valence-electron chi connectivity index (χ2n) is 3.66. The van der Waals surface area contributed by atoms with Gasteiger partial charge in [0.2, 0.25) is 0 Å². The molecular formula is C13H18N2. The summed E-state index contributed by atoms with van der Waals surface area (Å²) in [7, 11) is 2.03. The number of likely N-dealkylation sites (N-methyl/N-ethyl adjacent to an activating group) is 1. The van der Waals surface area contributed by atoms with E-state index >= 15 is 0 Å². The average molecular weight is 202 g/mol. The minimum Gasteiger partial charge on any atom is -0.326 e. The van der Waals surface area contributed by atoms with Gasteiger partial charge in [-0.2, -0.15) is 0 Å². The molecule has 1 aromatic carbocycles. The highest BCUT2D eigenvalue weighted by atomic mass is 15.1. The van der Waals surface area contributed by atoms with Crippen LogP contribution < -0.4 is 5.73 Å². The molecule has 0 amide bonds. The van der Waals surface area contributed by atoms with Gasteiger partial charge < -0.3 is 5.73 Å². The molecule has 80 valence electrons. The van der Waals surface area contributed by atoms with Gasteiger partial charge in [0, 0.05) is 13.1 Å². The van der Waals surface area contributed by atoms with Gasteiger partial charge in [-0.25, -0.2) is 0 Å². The van der Waals surface area contributed by atoms with Crippen molar-refractivity contribution in [1.29, 1.82) is 0 Å². The molecule has 0 aliphatic carbocycles. The molecule has 0 spiro atoms. The van der Waals surface area contributed by atoms with Crippen molar-refractivity contribution in [3.05, 3.63) is 35.4 Å². The molecule has 2 nitrogen and oxygen atoms in total. The first-order valence-corrected chi connectivity index (χ1v) is 5.16. The minimum atomic E-state index is 0.606. The van der Waals surface area contributed by atoms with Gasteiger partial charge in [0.05, 0.1) is 6.54 Å². The third kappa shape index (κ3) is 3.75. The van der Waals surface area contributed by atoms with Gasteiger partial charge in [-0.15, -0.1) is 6.42 Å². The molecule has 0 atom stereocenters. The fourth-order valence-corrected chi connectivity index (χ4v) is 1.55. The summed E-state index contributed by atoms with van der Waals surface area (Å²) in [5.74, 6) is 2.63. The Hall–Kier alpha value is -1.30. The topological polar surface area (TPSA) is 29.3 Å². The van der Waals surface area contributed by atoms with Crippen molar-refractivity contribution in [2.75, 3.05) is 20.1 Å². The lowest BCUT2D eigenvalue weighted by Gasteiger charge is -2.14. The third-order valence-corrected chi connectivity index (χ3v) is 2.46. The van der Waals surface area contributed by atoms with Crippen molar-refractivity contribution in [2.45, 2.75) is 13.0 Å². The highest BCUT2D eigenvalue weighted by Gasteiger charge is 2.01. The number of hydrogen-bond acceptors (Lipinski definition) is 2. The summed E-state index contributed by atoms with van der Waals surface area (Å²) in [5, 5.41) is 0. The summed E-state index contributed by atoms with van der Waals surface area (Å²) < 4.78 is 0. The first-order valence-electron chi connectivity index (χ1n) is 5.16. The van der Waals surface area contributed by atoms with E-state index < -0.39 is 0 Å². The highest BCUT2D eigenvalue weighted by Crippen LogP contribution is 2.08. The maximum atomic E-state index is 5.67. The smallest absolute Gasteiger partial charge is 0.0596 e. The zero-order chi connectivity index (χ0) is 11.1. The Bertz CT molecular complexity index is 339. The number of rotatable bonds is 5. The summed E-state index contributed by atoms with van der Waals surface area (Å²) in [4.78, 5) is 2.13. The number of terminal acetylenes is 1. The van der Waals surface area contributed by atoms with Gasteiger partial charge in [-0.3, -0.25) is 4.90 Å². The van der Waals surface area contributed by atoms with Crippen LogP contribution in [0, 0.1) is 12.3 Å². The summed E-state index contributed by atoms with van der Waals surface area (Å²) in [6.07, 6.45) is 6.25. The van der Waals surface area contributed by atoms with E-state index in [1.807, 2.05) is 13.1 Å². The van der Waals surface area contributed by atoms with Gasteiger partial charge in [0.25, 0.3) is 0 Å². The quantitative estimate of drug-likeness (QED) is 0.728. The monoisotopic (exact) mass is 202 g/mol. The fraction of sp³-hybridized carbons (Fsp3) is 0.385. The van der Waals surface area contributed by atoms with E-state index in [0.29, 0.717) is 13.1 Å². The molecule has 0 radical (unpaired) electrons. The first kappa shape index (κ1) is 11.8. The van der Waals surface area contributed by atoms with E-state index in [9.17, 15) is 0 Å². The number of benzene rings is 1. The van der Waals surface area contributed by atoms with Crippen LogP contribution in [-0.2, 0) is 13.0 Å². The Morgan fingerprint density at radius 3 is 2.60 bits per heavy atom. The van der Waals surface area contributed by atoms with Crippen LogP contribution in [0.3, 0.4) is 0 Å². The van der Waals surface area contributed by atoms with Crippen molar-refractivity contribution < 1.29 is 0 Å². The molecular weight excluding hydrogens is 184 g/mol. The standard InChI is InChI=1S/C13H18N2/c1-3-9-15(2)10-8-12-6-4-5-7-13(12)11-14/h1,4-7H,8-11,14H2,2H3. The third-order valence-electron chi connectivity index (χ3n) is 2.46. The molecule has 0 aliphatic rings. The molecule has 2 N–H and O–H groups in total. The molecule has 0 saturated carbocycles. The van der Waals surface area contributed by atoms with Crippen LogP contribution in [-0.4, -0.2) is 25.0 Å². The lowest BCUT2D eigenvalue weighted by Crippen LogP contribution is -2.21. The Morgan fingerprint density at radius 2 is 2.00 bits per heavy atom. The SMILES string of the molecule is C#CCN(C)CCc1ccccc1CN. The molecule has 0 aromatic heterocycles. The van der Waals surface area contributed by atoms with Crippen LogP contribution in [0.1, 0.15) is 11.1 Å². The lowest BCUT2D eigenvalue weighted by atomic mass is 10.0. The predicted octanol–water partition coefficient (Wildman–Crippen LogP) is 1.25. The van der Waals surface area contributed by atoms with E-state index in [1.54, 1.807) is 0 Å². The Morgan fingerprint density at radius 1 is 1.33 bits per heavy atom. The van der Waals surface area contributed by atoms with E-state index in [2.05, 4.69) is 29.0 Å². The maximum absolute atomic E-state index is 5.67. The molecule has 0 aliphatic heterocycles. The Balaban J connectivity index is 2.54. The normalized spacial score (nSPS) is 10.3. The first-order chi connectivity index (χ1) is 7.27. The molecule has 0 saturated heterocycles. The lowest BCUT2D eigenvalue weighted by molar-refractivity contribution is 0.380. The van der Waals surface area contributed by atoms with Crippen molar-refractivity contribution in [3.63, 3.8) is 0 Å². The second kappa shape index (κ2) is 6.23. The van der Waals surface area contributed by atoms with Crippen LogP contribution in [0.25, 0.3) is 0 Å². The fourth-order valence-electron chi connectivity index (χ4n) is 1.55. The van der Waals surface area contributed by atoms with E-state index in [1.165, 1.54) is 11.1 Å². The molecule has 0 unspecified atom stereocenters. The summed E-state index contributed by atoms with van der Waals surface area (Å²) in [5.41, 5.74) is 8.22. The molecule has 1 rings (SSSR count). The molecule has 0 bridgehead atoms. The number of hydrogen-bond donors (Lipinski definition) is 1. The summed E-state index contributed by atoms with van der Waals surface area (Å²) in [6.45, 7) is 2.28. The summed E-state index contributed by atoms with van der Waals surface area (Å²) in [6, 6.07) is 8.29. The van der Waals surface area contributed by atoms with Crippen LogP contribution in [0.2, 0.25) is 0 Å². The molecule has 1 aromatic rings. The van der Waals surface area contributed by atoms with Gasteiger partial charge in [-0.1, -0.05) is 30.2 Å². The van der Waals surface area contributed by atoms with E-state index in [4.69, 9.17) is 12.2 Å². The van der Waals surface area contributed by atoms with Crippen LogP contribution in [0.15, 0.2) is 24.3 Å². The van der Waals surface area contributed by atoms with Crippen molar-refractivity contribution >= 4 is 0 Å². The number of nitrogens with zero attached hydrogens (tertiary/aromatic N) is 1. The van der Waals surface area contributed by atoms with Crippen LogP contribution in [0.4, 0.5) is 0 Å². The largest absolute Gasteiger partial charge is 0.326 e. The van der Waals surface area contributed by atoms with Crippen molar-refractivity contribution in [1.82, 2.24) is 4.90 Å². The minimum absolute atomic E-state index is 0.606. The van der Waals surface area contributed by atoms with Crippen LogP contribution in [0.5, 0.6) is 0 Å². The number of nitrogens with two attached hydrogens (primary N) is 1. The van der Waals surface area contributed by atoms with Gasteiger partial charge in [0.15, 0.2) is 0 Å². The molecule has 0 fully saturated rings. The Kier molecular flexibility index (Phi) is 4.89. The van der Waals surface area contributed by atoms with Crippen molar-refractivity contribution in [2.24, 2.45) is 5.73 Å². The summed E-state index contributed by atoms with van der Waals surface area (Å²) >= 11 is 0. The van der Waals surface area contributed by atoms with Gasteiger partial charge >= 0.3 is 0 Å². The maximum Gasteiger partial charge on any atom is 0.0596 e. The molecule has 0 heterocycles. The van der Waals surface area contributed by atoms with Gasteiger partial charge in [-0.05, 0) is 24.6 Å². The predicted molar refractivity (Wildman–Crippen MR) is 64.4 cm³/mol. The molecule has 15 heavy (non-hydrogen) atoms. The molecule has 2 heteroatoms. The average Bonchev–Trinajstić information content (AvgIpc) is 2.27. The second-order valence-corrected chi connectivity index (χ2v) is 3.66. The Labute approximate surface area is 92.1 Å². The van der Waals surface area contributed by atoms with E-state index in [0.717, 1.165) is 13.0 Å². The van der Waals surface area contributed by atoms with Crippen molar-refractivity contribution in [3.8, 4) is 12.3 Å². The zero-order valence-corrected chi connectivity index (χ0v) is 9.24. The van der Waals surface area contributed by atoms with Crippen LogP contribution >= 0.6 is 0 Å². The van der Waals surface area contributed by atoms with E-state index in [-0.39, 0.29) is 0 Å². The highest BCUT2D eigenvalue weighted by molar-refractivity contribution is 5.27. The van der Waals surface area contributed by atoms with Gasteiger partial charge in [0.1, 0.15) is 0 Å².